The molecule has 3 rings (SSSR count). The molecule has 0 radical (unpaired) electrons. The van der Waals surface area contributed by atoms with Crippen LogP contribution in [0.15, 0.2) is 30.7 Å². The summed E-state index contributed by atoms with van der Waals surface area (Å²) in [5.74, 6) is -0.409. The van der Waals surface area contributed by atoms with Crippen molar-refractivity contribution in [3.05, 3.63) is 47.5 Å². The van der Waals surface area contributed by atoms with Crippen LogP contribution in [0.3, 0.4) is 0 Å². The van der Waals surface area contributed by atoms with Gasteiger partial charge in [0.2, 0.25) is 11.8 Å². The van der Waals surface area contributed by atoms with Crippen LogP contribution < -0.4 is 10.1 Å². The van der Waals surface area contributed by atoms with Gasteiger partial charge in [0.05, 0.1) is 30.2 Å². The first-order valence-corrected chi connectivity index (χ1v) is 9.64. The van der Waals surface area contributed by atoms with Gasteiger partial charge in [-0.2, -0.15) is 23.5 Å². The van der Waals surface area contributed by atoms with Gasteiger partial charge in [0, 0.05) is 29.5 Å². The first-order chi connectivity index (χ1) is 15.0. The Labute approximate surface area is 182 Å². The highest BCUT2D eigenvalue weighted by Crippen LogP contribution is 2.22. The summed E-state index contributed by atoms with van der Waals surface area (Å²) in [5.41, 5.74) is 1.36. The second-order valence-corrected chi connectivity index (χ2v) is 7.85. The van der Waals surface area contributed by atoms with Gasteiger partial charge < -0.3 is 10.1 Å². The average molecular weight is 446 g/mol. The quantitative estimate of drug-likeness (QED) is 0.598. The number of nitrogens with zero attached hydrogens (tertiary/aromatic N) is 5. The van der Waals surface area contributed by atoms with Crippen LogP contribution in [0.1, 0.15) is 30.7 Å². The van der Waals surface area contributed by atoms with E-state index < -0.39 is 18.3 Å². The maximum atomic E-state index is 12.3. The third-order valence-corrected chi connectivity index (χ3v) is 4.43. The highest BCUT2D eigenvalue weighted by Gasteiger charge is 2.29. The third kappa shape index (κ3) is 5.94. The summed E-state index contributed by atoms with van der Waals surface area (Å²) < 4.78 is 43.4. The molecule has 3 aromatic rings. The Morgan fingerprint density at radius 1 is 1.31 bits per heavy atom. The SMILES string of the molecule is Cc1cc(Cn2cc3c(CC(=O)NC(C)(C)C#N)nccc3n2)cnc1OCC(F)(F)F. The zero-order valence-corrected chi connectivity index (χ0v) is 17.7. The molecule has 0 fully saturated rings. The number of aromatic nitrogens is 4. The number of amides is 1. The van der Waals surface area contributed by atoms with Crippen LogP contribution in [0.4, 0.5) is 13.2 Å². The predicted molar refractivity (Wildman–Crippen MR) is 109 cm³/mol. The first kappa shape index (κ1) is 23.0. The van der Waals surface area contributed by atoms with E-state index in [1.165, 1.54) is 6.20 Å². The minimum atomic E-state index is -4.44. The number of hydrogen-bond donors (Lipinski definition) is 1. The number of carbonyl (C=O) groups is 1. The molecular weight excluding hydrogens is 425 g/mol. The second kappa shape index (κ2) is 8.82. The van der Waals surface area contributed by atoms with E-state index in [1.54, 1.807) is 50.0 Å². The first-order valence-electron chi connectivity index (χ1n) is 9.64. The summed E-state index contributed by atoms with van der Waals surface area (Å²) >= 11 is 0. The molecule has 3 heterocycles. The molecule has 168 valence electrons. The van der Waals surface area contributed by atoms with Crippen molar-refractivity contribution in [1.82, 2.24) is 25.1 Å². The van der Waals surface area contributed by atoms with Gasteiger partial charge in [0.25, 0.3) is 0 Å². The summed E-state index contributed by atoms with van der Waals surface area (Å²) in [6, 6.07) is 5.41. The number of rotatable bonds is 7. The average Bonchev–Trinajstić information content (AvgIpc) is 3.09. The van der Waals surface area contributed by atoms with Crippen LogP contribution in [0, 0.1) is 18.3 Å². The van der Waals surface area contributed by atoms with Crippen molar-refractivity contribution < 1.29 is 22.7 Å². The van der Waals surface area contributed by atoms with Crippen LogP contribution >= 0.6 is 0 Å². The van der Waals surface area contributed by atoms with Crippen LogP contribution in [0.25, 0.3) is 10.9 Å². The molecule has 0 aliphatic carbocycles. The summed E-state index contributed by atoms with van der Waals surface area (Å²) in [6.45, 7) is 3.73. The molecule has 1 N–H and O–H groups in total. The number of nitriles is 1. The van der Waals surface area contributed by atoms with Crippen LogP contribution in [0.2, 0.25) is 0 Å². The minimum Gasteiger partial charge on any atom is -0.468 e. The molecule has 0 unspecified atom stereocenters. The molecule has 0 aromatic carbocycles. The highest BCUT2D eigenvalue weighted by atomic mass is 19.4. The Balaban J connectivity index is 1.75. The highest BCUT2D eigenvalue weighted by molar-refractivity contribution is 5.87. The van der Waals surface area contributed by atoms with Gasteiger partial charge in [0.15, 0.2) is 6.61 Å². The molecule has 0 aliphatic rings. The fourth-order valence-corrected chi connectivity index (χ4v) is 3.04. The summed E-state index contributed by atoms with van der Waals surface area (Å²) in [7, 11) is 0. The number of carbonyl (C=O) groups excluding carboxylic acids is 1. The monoisotopic (exact) mass is 446 g/mol. The zero-order valence-electron chi connectivity index (χ0n) is 17.7. The van der Waals surface area contributed by atoms with Crippen LogP contribution in [-0.4, -0.2) is 44.0 Å². The number of alkyl halides is 3. The van der Waals surface area contributed by atoms with Crippen molar-refractivity contribution >= 4 is 16.8 Å². The van der Waals surface area contributed by atoms with E-state index in [9.17, 15) is 18.0 Å². The molecule has 8 nitrogen and oxygen atoms in total. The summed E-state index contributed by atoms with van der Waals surface area (Å²) in [6.07, 6.45) is 0.274. The molecule has 0 aliphatic heterocycles. The van der Waals surface area contributed by atoms with E-state index >= 15 is 0 Å². The van der Waals surface area contributed by atoms with Gasteiger partial charge in [-0.3, -0.25) is 14.5 Å². The minimum absolute atomic E-state index is 0.0138. The lowest BCUT2D eigenvalue weighted by molar-refractivity contribution is -0.154. The lowest BCUT2D eigenvalue weighted by Gasteiger charge is -2.17. The van der Waals surface area contributed by atoms with Crippen molar-refractivity contribution in [1.29, 1.82) is 5.26 Å². The fourth-order valence-electron chi connectivity index (χ4n) is 3.04. The van der Waals surface area contributed by atoms with E-state index in [0.29, 0.717) is 28.7 Å². The Hall–Kier alpha value is -3.68. The lowest BCUT2D eigenvalue weighted by atomic mass is 10.1. The maximum Gasteiger partial charge on any atom is 0.422 e. The third-order valence-electron chi connectivity index (χ3n) is 4.43. The smallest absolute Gasteiger partial charge is 0.422 e. The molecule has 0 atom stereocenters. The largest absolute Gasteiger partial charge is 0.468 e. The number of fused-ring (bicyclic) bond motifs is 1. The Morgan fingerprint density at radius 3 is 2.72 bits per heavy atom. The van der Waals surface area contributed by atoms with Gasteiger partial charge in [0.1, 0.15) is 5.54 Å². The van der Waals surface area contributed by atoms with Gasteiger partial charge in [-0.05, 0) is 38.5 Å². The van der Waals surface area contributed by atoms with Gasteiger partial charge >= 0.3 is 6.18 Å². The predicted octanol–water partition coefficient (Wildman–Crippen LogP) is 3.09. The van der Waals surface area contributed by atoms with E-state index in [2.05, 4.69) is 20.4 Å². The van der Waals surface area contributed by atoms with E-state index in [4.69, 9.17) is 10.00 Å². The number of nitrogens with one attached hydrogen (secondary N) is 1. The van der Waals surface area contributed by atoms with Crippen molar-refractivity contribution in [2.75, 3.05) is 6.61 Å². The van der Waals surface area contributed by atoms with Crippen LogP contribution in [0.5, 0.6) is 5.88 Å². The van der Waals surface area contributed by atoms with E-state index in [0.717, 1.165) is 5.56 Å². The zero-order chi connectivity index (χ0) is 23.5. The molecular formula is C21H21F3N6O2. The number of hydrogen-bond acceptors (Lipinski definition) is 6. The van der Waals surface area contributed by atoms with Crippen molar-refractivity contribution in [2.24, 2.45) is 0 Å². The van der Waals surface area contributed by atoms with E-state index in [-0.39, 0.29) is 18.2 Å². The molecule has 0 saturated heterocycles. The van der Waals surface area contributed by atoms with E-state index in [1.807, 2.05) is 6.07 Å². The van der Waals surface area contributed by atoms with Crippen molar-refractivity contribution in [2.45, 2.75) is 45.5 Å². The Bertz CT molecular complexity index is 1180. The molecule has 0 bridgehead atoms. The molecule has 32 heavy (non-hydrogen) atoms. The topological polar surface area (TPSA) is 106 Å². The fraction of sp³-hybridized carbons (Fsp3) is 0.381. The molecule has 11 heteroatoms. The number of aryl methyl sites for hydroxylation is 1. The molecule has 3 aromatic heterocycles. The number of halogens is 3. The summed E-state index contributed by atoms with van der Waals surface area (Å²) in [4.78, 5) is 20.5. The van der Waals surface area contributed by atoms with Crippen molar-refractivity contribution in [3.63, 3.8) is 0 Å². The van der Waals surface area contributed by atoms with Gasteiger partial charge in [-0.15, -0.1) is 0 Å². The standard InChI is InChI=1S/C21H21F3N6O2/c1-13-6-14(8-27-19(13)32-12-21(22,23)24)9-30-10-15-16(29-30)4-5-26-17(15)7-18(31)28-20(2,3)11-25/h4-6,8,10H,7,9,12H2,1-3H3,(H,28,31). The molecule has 1 amide bonds. The molecule has 0 saturated carbocycles. The normalized spacial score (nSPS) is 11.9. The molecule has 0 spiro atoms. The number of ether oxygens (including phenoxy) is 1. The Morgan fingerprint density at radius 2 is 2.06 bits per heavy atom. The lowest BCUT2D eigenvalue weighted by Crippen LogP contribution is -2.42. The van der Waals surface area contributed by atoms with Gasteiger partial charge in [-0.25, -0.2) is 4.98 Å². The van der Waals surface area contributed by atoms with Crippen LogP contribution in [-0.2, 0) is 17.8 Å². The van der Waals surface area contributed by atoms with Crippen molar-refractivity contribution in [3.8, 4) is 11.9 Å². The number of pyridine rings is 2. The van der Waals surface area contributed by atoms with Gasteiger partial charge in [-0.1, -0.05) is 0 Å². The maximum absolute atomic E-state index is 12.3. The second-order valence-electron chi connectivity index (χ2n) is 7.85. The Kier molecular flexibility index (Phi) is 6.34. The summed E-state index contributed by atoms with van der Waals surface area (Å²) in [5, 5.41) is 16.9.